The predicted molar refractivity (Wildman–Crippen MR) is 129 cm³/mol. The zero-order valence-electron chi connectivity index (χ0n) is 21.4. The molecule has 0 amide bonds. The third-order valence-corrected chi connectivity index (χ3v) is 8.56. The first-order valence-electron chi connectivity index (χ1n) is 12.1. The summed E-state index contributed by atoms with van der Waals surface area (Å²) in [5.74, 6) is -4.52. The van der Waals surface area contributed by atoms with Gasteiger partial charge in [-0.15, -0.1) is 11.6 Å². The fourth-order valence-corrected chi connectivity index (χ4v) is 6.55. The summed E-state index contributed by atoms with van der Waals surface area (Å²) in [6.45, 7) is 15.2. The molecule has 0 aromatic rings. The van der Waals surface area contributed by atoms with Crippen LogP contribution in [0.15, 0.2) is 24.3 Å². The maximum Gasteiger partial charge on any atom is 0.312 e. The Morgan fingerprint density at radius 2 is 1.44 bits per heavy atom. The number of carbonyl (C=O) groups excluding carboxylic acids is 4. The Balaban J connectivity index is 2.34. The van der Waals surface area contributed by atoms with Crippen LogP contribution < -0.4 is 0 Å². The zero-order valence-corrected chi connectivity index (χ0v) is 22.1. The highest BCUT2D eigenvalue weighted by Gasteiger charge is 2.69. The van der Waals surface area contributed by atoms with E-state index in [2.05, 4.69) is 13.2 Å². The van der Waals surface area contributed by atoms with Crippen molar-refractivity contribution in [2.45, 2.75) is 95.7 Å². The SMILES string of the molecule is C=C1CCC(OC(C)=O)C2(C)C(OC(C)=O)CCC(=C)C2C(OC(C)=O)C2(O)C(C)C(=O)OC2C1Cl. The number of hydrogen-bond donors (Lipinski definition) is 1. The van der Waals surface area contributed by atoms with Crippen molar-refractivity contribution in [2.75, 3.05) is 0 Å². The molecule has 3 aliphatic rings. The van der Waals surface area contributed by atoms with Gasteiger partial charge in [-0.05, 0) is 32.6 Å². The molecule has 1 N–H and O–H groups in total. The Morgan fingerprint density at radius 3 is 1.92 bits per heavy atom. The van der Waals surface area contributed by atoms with Crippen LogP contribution in [0.3, 0.4) is 0 Å². The van der Waals surface area contributed by atoms with E-state index >= 15 is 0 Å². The monoisotopic (exact) mass is 526 g/mol. The minimum atomic E-state index is -2.08. The summed E-state index contributed by atoms with van der Waals surface area (Å²) in [6, 6.07) is 0. The van der Waals surface area contributed by atoms with E-state index in [-0.39, 0.29) is 12.8 Å². The van der Waals surface area contributed by atoms with Crippen molar-refractivity contribution < 1.29 is 43.2 Å². The van der Waals surface area contributed by atoms with Crippen molar-refractivity contribution in [2.24, 2.45) is 17.3 Å². The number of rotatable bonds is 3. The first kappa shape index (κ1) is 28.2. The van der Waals surface area contributed by atoms with E-state index in [9.17, 15) is 24.3 Å². The fourth-order valence-electron chi connectivity index (χ4n) is 6.19. The normalized spacial score (nSPS) is 40.9. The number of ether oxygens (including phenoxy) is 4. The zero-order chi connectivity index (χ0) is 27.2. The van der Waals surface area contributed by atoms with Crippen LogP contribution in [0.4, 0.5) is 0 Å². The molecular formula is C26H35ClO9. The third kappa shape index (κ3) is 4.67. The molecule has 0 spiro atoms. The van der Waals surface area contributed by atoms with Gasteiger partial charge in [-0.2, -0.15) is 0 Å². The van der Waals surface area contributed by atoms with Gasteiger partial charge in [0.25, 0.3) is 0 Å². The number of aliphatic hydroxyl groups is 1. The summed E-state index contributed by atoms with van der Waals surface area (Å²) in [5.41, 5.74) is -2.24. The van der Waals surface area contributed by atoms with Crippen LogP contribution in [0.1, 0.15) is 60.3 Å². The van der Waals surface area contributed by atoms with Gasteiger partial charge in [-0.3, -0.25) is 19.2 Å². The summed E-state index contributed by atoms with van der Waals surface area (Å²) < 4.78 is 22.9. The maximum absolute atomic E-state index is 12.8. The van der Waals surface area contributed by atoms with Crippen LogP contribution >= 0.6 is 11.6 Å². The van der Waals surface area contributed by atoms with Crippen LogP contribution in [0.25, 0.3) is 0 Å². The first-order valence-corrected chi connectivity index (χ1v) is 12.5. The van der Waals surface area contributed by atoms with E-state index in [0.29, 0.717) is 24.0 Å². The Hall–Kier alpha value is -2.39. The molecule has 9 unspecified atom stereocenters. The second-order valence-corrected chi connectivity index (χ2v) is 10.8. The highest BCUT2D eigenvalue weighted by atomic mass is 35.5. The molecule has 2 saturated carbocycles. The molecule has 1 heterocycles. The summed E-state index contributed by atoms with van der Waals surface area (Å²) >= 11 is 6.71. The molecule has 3 rings (SSSR count). The van der Waals surface area contributed by atoms with Crippen LogP contribution in [0, 0.1) is 17.3 Å². The summed E-state index contributed by atoms with van der Waals surface area (Å²) in [4.78, 5) is 49.6. The van der Waals surface area contributed by atoms with E-state index in [1.54, 1.807) is 6.92 Å². The van der Waals surface area contributed by atoms with Gasteiger partial charge < -0.3 is 24.1 Å². The van der Waals surface area contributed by atoms with E-state index in [1.807, 2.05) is 0 Å². The first-order chi connectivity index (χ1) is 16.6. The lowest BCUT2D eigenvalue weighted by atomic mass is 9.54. The van der Waals surface area contributed by atoms with Crippen molar-refractivity contribution >= 4 is 35.5 Å². The molecular weight excluding hydrogens is 492 g/mol. The molecule has 0 aromatic carbocycles. The molecule has 10 heteroatoms. The number of alkyl halides is 1. The number of fused-ring (bicyclic) bond motifs is 2. The number of carbonyl (C=O) groups is 4. The maximum atomic E-state index is 12.8. The Kier molecular flexibility index (Phi) is 7.96. The lowest BCUT2D eigenvalue weighted by Crippen LogP contribution is -2.67. The van der Waals surface area contributed by atoms with Gasteiger partial charge in [0, 0.05) is 26.7 Å². The molecule has 0 aromatic heterocycles. The van der Waals surface area contributed by atoms with Crippen molar-refractivity contribution in [3.63, 3.8) is 0 Å². The minimum Gasteiger partial charge on any atom is -0.462 e. The predicted octanol–water partition coefficient (Wildman–Crippen LogP) is 3.00. The molecule has 0 radical (unpaired) electrons. The van der Waals surface area contributed by atoms with Crippen LogP contribution in [-0.2, 0) is 38.1 Å². The lowest BCUT2D eigenvalue weighted by Gasteiger charge is -2.56. The highest BCUT2D eigenvalue weighted by molar-refractivity contribution is 6.23. The van der Waals surface area contributed by atoms with Gasteiger partial charge in [-0.25, -0.2) is 0 Å². The Morgan fingerprint density at radius 1 is 0.972 bits per heavy atom. The molecule has 2 aliphatic carbocycles. The van der Waals surface area contributed by atoms with Gasteiger partial charge in [0.2, 0.25) is 0 Å². The van der Waals surface area contributed by atoms with Crippen molar-refractivity contribution in [3.8, 4) is 0 Å². The number of hydrogen-bond acceptors (Lipinski definition) is 9. The average molecular weight is 527 g/mol. The van der Waals surface area contributed by atoms with Crippen LogP contribution in [0.2, 0.25) is 0 Å². The summed E-state index contributed by atoms with van der Waals surface area (Å²) in [7, 11) is 0. The smallest absolute Gasteiger partial charge is 0.312 e. The van der Waals surface area contributed by atoms with Crippen LogP contribution in [0.5, 0.6) is 0 Å². The van der Waals surface area contributed by atoms with E-state index in [1.165, 1.54) is 27.7 Å². The van der Waals surface area contributed by atoms with Crippen LogP contribution in [-0.4, -0.2) is 64.4 Å². The van der Waals surface area contributed by atoms with Gasteiger partial charge in [0.05, 0.1) is 16.7 Å². The molecule has 36 heavy (non-hydrogen) atoms. The van der Waals surface area contributed by atoms with E-state index in [4.69, 9.17) is 30.5 Å². The molecule has 3 fully saturated rings. The Bertz CT molecular complexity index is 976. The second kappa shape index (κ2) is 10.2. The third-order valence-electron chi connectivity index (χ3n) is 8.02. The van der Waals surface area contributed by atoms with Gasteiger partial charge >= 0.3 is 23.9 Å². The van der Waals surface area contributed by atoms with Crippen molar-refractivity contribution in [1.82, 2.24) is 0 Å². The molecule has 9 atom stereocenters. The van der Waals surface area contributed by atoms with Gasteiger partial charge in [0.1, 0.15) is 18.3 Å². The van der Waals surface area contributed by atoms with E-state index < -0.39 is 76.5 Å². The molecule has 200 valence electrons. The summed E-state index contributed by atoms with van der Waals surface area (Å²) in [6.07, 6.45) is -3.01. The van der Waals surface area contributed by atoms with E-state index in [0.717, 1.165) is 0 Å². The Labute approximate surface area is 216 Å². The molecule has 1 aliphatic heterocycles. The highest BCUT2D eigenvalue weighted by Crippen LogP contribution is 2.57. The summed E-state index contributed by atoms with van der Waals surface area (Å²) in [5, 5.41) is 11.3. The molecule has 1 saturated heterocycles. The van der Waals surface area contributed by atoms with Gasteiger partial charge in [0.15, 0.2) is 11.7 Å². The standard InChI is InChI=1S/C26H35ClO9/c1-12-8-10-18(33-15(4)28)25(7)19(34-16(5)29)11-9-13(2)21(27)23-26(32,14(3)24(31)36-23)22(20(12)25)35-17(6)30/h14,18-23,32H,1-2,8-11H2,3-7H3. The molecule has 0 bridgehead atoms. The quantitative estimate of drug-likeness (QED) is 0.255. The van der Waals surface area contributed by atoms with Crippen molar-refractivity contribution in [3.05, 3.63) is 24.3 Å². The van der Waals surface area contributed by atoms with Crippen molar-refractivity contribution in [1.29, 1.82) is 0 Å². The fraction of sp³-hybridized carbons (Fsp3) is 0.692. The number of esters is 4. The number of halogens is 1. The molecule has 9 nitrogen and oxygen atoms in total. The largest absolute Gasteiger partial charge is 0.462 e. The average Bonchev–Trinajstić information content (AvgIpc) is 3.00. The second-order valence-electron chi connectivity index (χ2n) is 10.3. The topological polar surface area (TPSA) is 125 Å². The van der Waals surface area contributed by atoms with Gasteiger partial charge in [-0.1, -0.05) is 31.2 Å². The lowest BCUT2D eigenvalue weighted by molar-refractivity contribution is -0.222. The minimum absolute atomic E-state index is 0.251.